The highest BCUT2D eigenvalue weighted by atomic mass is 35.5. The van der Waals surface area contributed by atoms with Crippen LogP contribution in [0.4, 0.5) is 21.9 Å². The number of anilines is 3. The quantitative estimate of drug-likeness (QED) is 0.526. The van der Waals surface area contributed by atoms with Crippen LogP contribution in [0.25, 0.3) is 11.0 Å². The lowest BCUT2D eigenvalue weighted by atomic mass is 10.1. The number of benzene rings is 2. The van der Waals surface area contributed by atoms with Gasteiger partial charge >= 0.3 is 11.7 Å². The van der Waals surface area contributed by atoms with Crippen molar-refractivity contribution in [1.29, 1.82) is 0 Å². The standard InChI is InChI=1S/C20H20ClN3O3/c1-3-10-22-17-14-6-4-5-7-16(14)27-19(25)18(17)24-20(26)23-15-11-13(21)9-8-12(15)2/h4-9,11,22H,3,10H2,1-2H3,(H2,23,24,26). The number of carbonyl (C=O) groups is 1. The minimum absolute atomic E-state index is 0.0688. The number of halogens is 1. The normalized spacial score (nSPS) is 10.6. The summed E-state index contributed by atoms with van der Waals surface area (Å²) in [5.41, 5.74) is 1.86. The lowest BCUT2D eigenvalue weighted by Crippen LogP contribution is -2.25. The molecular weight excluding hydrogens is 366 g/mol. The van der Waals surface area contributed by atoms with Crippen molar-refractivity contribution < 1.29 is 9.21 Å². The van der Waals surface area contributed by atoms with Crippen molar-refractivity contribution in [3.05, 3.63) is 63.5 Å². The molecule has 3 rings (SSSR count). The van der Waals surface area contributed by atoms with E-state index in [9.17, 15) is 9.59 Å². The highest BCUT2D eigenvalue weighted by Gasteiger charge is 2.17. The number of hydrogen-bond acceptors (Lipinski definition) is 4. The van der Waals surface area contributed by atoms with Gasteiger partial charge in [-0.3, -0.25) is 5.32 Å². The number of urea groups is 1. The molecule has 1 aromatic heterocycles. The van der Waals surface area contributed by atoms with Crippen molar-refractivity contribution in [2.75, 3.05) is 22.5 Å². The van der Waals surface area contributed by atoms with Crippen LogP contribution in [0.1, 0.15) is 18.9 Å². The molecule has 0 aliphatic rings. The first kappa shape index (κ1) is 18.8. The first-order chi connectivity index (χ1) is 13.0. The molecule has 3 N–H and O–H groups in total. The molecule has 0 unspecified atom stereocenters. The third kappa shape index (κ3) is 4.23. The predicted octanol–water partition coefficient (Wildman–Crippen LogP) is 5.22. The van der Waals surface area contributed by atoms with Crippen LogP contribution in [-0.2, 0) is 0 Å². The molecule has 0 saturated heterocycles. The van der Waals surface area contributed by atoms with Gasteiger partial charge in [0.15, 0.2) is 5.69 Å². The van der Waals surface area contributed by atoms with Crippen LogP contribution in [0.15, 0.2) is 51.7 Å². The van der Waals surface area contributed by atoms with Crippen molar-refractivity contribution >= 4 is 45.7 Å². The molecule has 0 bridgehead atoms. The Hall–Kier alpha value is -2.99. The number of hydrogen-bond donors (Lipinski definition) is 3. The van der Waals surface area contributed by atoms with Gasteiger partial charge in [0.25, 0.3) is 0 Å². The van der Waals surface area contributed by atoms with E-state index in [2.05, 4.69) is 16.0 Å². The van der Waals surface area contributed by atoms with Gasteiger partial charge in [-0.1, -0.05) is 36.7 Å². The second-order valence-corrected chi connectivity index (χ2v) is 6.54. The molecule has 0 atom stereocenters. The molecule has 0 aliphatic carbocycles. The van der Waals surface area contributed by atoms with Crippen LogP contribution < -0.4 is 21.6 Å². The SMILES string of the molecule is CCCNc1c(NC(=O)Nc2cc(Cl)ccc2C)c(=O)oc2ccccc12. The maximum absolute atomic E-state index is 12.5. The number of aryl methyl sites for hydroxylation is 1. The highest BCUT2D eigenvalue weighted by molar-refractivity contribution is 6.31. The molecule has 2 amide bonds. The predicted molar refractivity (Wildman–Crippen MR) is 110 cm³/mol. The van der Waals surface area contributed by atoms with E-state index < -0.39 is 11.7 Å². The summed E-state index contributed by atoms with van der Waals surface area (Å²) in [7, 11) is 0. The number of amides is 2. The number of nitrogens with one attached hydrogen (secondary N) is 3. The van der Waals surface area contributed by atoms with E-state index in [0.717, 1.165) is 17.4 Å². The molecule has 0 fully saturated rings. The number of para-hydroxylation sites is 1. The van der Waals surface area contributed by atoms with Crippen LogP contribution in [0.5, 0.6) is 0 Å². The van der Waals surface area contributed by atoms with Gasteiger partial charge in [0.1, 0.15) is 5.58 Å². The van der Waals surface area contributed by atoms with Gasteiger partial charge in [-0.25, -0.2) is 9.59 Å². The Labute approximate surface area is 161 Å². The lowest BCUT2D eigenvalue weighted by Gasteiger charge is -2.15. The zero-order valence-corrected chi connectivity index (χ0v) is 15.8. The highest BCUT2D eigenvalue weighted by Crippen LogP contribution is 2.29. The number of rotatable bonds is 5. The van der Waals surface area contributed by atoms with Gasteiger partial charge in [0.05, 0.1) is 5.69 Å². The average Bonchev–Trinajstić information content (AvgIpc) is 2.64. The number of carbonyl (C=O) groups excluding carboxylic acids is 1. The van der Waals surface area contributed by atoms with E-state index in [1.54, 1.807) is 30.3 Å². The summed E-state index contributed by atoms with van der Waals surface area (Å²) in [5, 5.41) is 9.77. The molecular formula is C20H20ClN3O3. The largest absolute Gasteiger partial charge is 0.421 e. The third-order valence-electron chi connectivity index (χ3n) is 4.05. The van der Waals surface area contributed by atoms with Gasteiger partial charge < -0.3 is 15.1 Å². The van der Waals surface area contributed by atoms with E-state index >= 15 is 0 Å². The molecule has 0 saturated carbocycles. The lowest BCUT2D eigenvalue weighted by molar-refractivity contribution is 0.262. The van der Waals surface area contributed by atoms with Crippen LogP contribution in [0.3, 0.4) is 0 Å². The first-order valence-electron chi connectivity index (χ1n) is 8.63. The Kier molecular flexibility index (Phi) is 5.66. The molecule has 3 aromatic rings. The summed E-state index contributed by atoms with van der Waals surface area (Å²) < 4.78 is 5.35. The molecule has 1 heterocycles. The van der Waals surface area contributed by atoms with Crippen LogP contribution >= 0.6 is 11.6 Å². The minimum atomic E-state index is -0.620. The zero-order valence-electron chi connectivity index (χ0n) is 15.1. The molecule has 6 nitrogen and oxygen atoms in total. The molecule has 0 spiro atoms. The summed E-state index contributed by atoms with van der Waals surface area (Å²) in [6.07, 6.45) is 0.863. The summed E-state index contributed by atoms with van der Waals surface area (Å²) in [5.74, 6) is 0. The number of fused-ring (bicyclic) bond motifs is 1. The first-order valence-corrected chi connectivity index (χ1v) is 9.01. The second kappa shape index (κ2) is 8.14. The average molecular weight is 386 g/mol. The molecule has 140 valence electrons. The Morgan fingerprint density at radius 3 is 2.67 bits per heavy atom. The summed E-state index contributed by atoms with van der Waals surface area (Å²) in [4.78, 5) is 24.9. The van der Waals surface area contributed by atoms with Crippen LogP contribution in [-0.4, -0.2) is 12.6 Å². The van der Waals surface area contributed by atoms with E-state index in [0.29, 0.717) is 28.5 Å². The van der Waals surface area contributed by atoms with Gasteiger partial charge in [-0.05, 0) is 43.2 Å². The fourth-order valence-corrected chi connectivity index (χ4v) is 2.87. The van der Waals surface area contributed by atoms with Crippen molar-refractivity contribution in [3.63, 3.8) is 0 Å². The van der Waals surface area contributed by atoms with Gasteiger partial charge in [0.2, 0.25) is 0 Å². The van der Waals surface area contributed by atoms with Gasteiger partial charge in [0, 0.05) is 22.6 Å². The second-order valence-electron chi connectivity index (χ2n) is 6.10. The molecule has 2 aromatic carbocycles. The Morgan fingerprint density at radius 2 is 1.89 bits per heavy atom. The minimum Gasteiger partial charge on any atom is -0.421 e. The maximum Gasteiger partial charge on any atom is 0.362 e. The van der Waals surface area contributed by atoms with Crippen molar-refractivity contribution in [1.82, 2.24) is 0 Å². The van der Waals surface area contributed by atoms with Gasteiger partial charge in [-0.15, -0.1) is 0 Å². The van der Waals surface area contributed by atoms with Gasteiger partial charge in [-0.2, -0.15) is 0 Å². The molecule has 7 heteroatoms. The topological polar surface area (TPSA) is 83.4 Å². The Morgan fingerprint density at radius 1 is 1.11 bits per heavy atom. The molecule has 0 aliphatic heterocycles. The summed E-state index contributed by atoms with van der Waals surface area (Å²) in [6.45, 7) is 4.52. The van der Waals surface area contributed by atoms with Crippen molar-refractivity contribution in [3.8, 4) is 0 Å². The van der Waals surface area contributed by atoms with Crippen molar-refractivity contribution in [2.45, 2.75) is 20.3 Å². The Balaban J connectivity index is 1.95. The molecule has 0 radical (unpaired) electrons. The fraction of sp³-hybridized carbons (Fsp3) is 0.200. The Bertz CT molecular complexity index is 1050. The fourth-order valence-electron chi connectivity index (χ4n) is 2.69. The van der Waals surface area contributed by atoms with E-state index in [1.807, 2.05) is 26.0 Å². The monoisotopic (exact) mass is 385 g/mol. The third-order valence-corrected chi connectivity index (χ3v) is 4.29. The van der Waals surface area contributed by atoms with Crippen molar-refractivity contribution in [2.24, 2.45) is 0 Å². The van der Waals surface area contributed by atoms with Crippen LogP contribution in [0, 0.1) is 6.92 Å². The van der Waals surface area contributed by atoms with Crippen LogP contribution in [0.2, 0.25) is 5.02 Å². The van der Waals surface area contributed by atoms with E-state index in [-0.39, 0.29) is 5.69 Å². The molecule has 27 heavy (non-hydrogen) atoms. The maximum atomic E-state index is 12.5. The summed E-state index contributed by atoms with van der Waals surface area (Å²) >= 11 is 5.99. The van der Waals surface area contributed by atoms with E-state index in [4.69, 9.17) is 16.0 Å². The smallest absolute Gasteiger partial charge is 0.362 e. The zero-order chi connectivity index (χ0) is 19.4. The summed E-state index contributed by atoms with van der Waals surface area (Å²) in [6, 6.07) is 11.8. The van der Waals surface area contributed by atoms with E-state index in [1.165, 1.54) is 0 Å².